The average molecular weight is 253 g/mol. The molecule has 0 aliphatic heterocycles. The molecule has 0 amide bonds. The molecule has 0 radical (unpaired) electrons. The number of hydrogen-bond acceptors (Lipinski definition) is 2. The summed E-state index contributed by atoms with van der Waals surface area (Å²) in [4.78, 5) is 10.9. The van der Waals surface area contributed by atoms with Gasteiger partial charge in [0.1, 0.15) is 6.29 Å². The van der Waals surface area contributed by atoms with Gasteiger partial charge < -0.3 is 4.57 Å². The van der Waals surface area contributed by atoms with Gasteiger partial charge in [0.15, 0.2) is 0 Å². The van der Waals surface area contributed by atoms with E-state index in [4.69, 9.17) is 0 Å². The van der Waals surface area contributed by atoms with Crippen LogP contribution in [0.25, 0.3) is 10.9 Å². The summed E-state index contributed by atoms with van der Waals surface area (Å²) in [6, 6.07) is 9.88. The standard InChI is InChI=1S/C15H15N3O/c1-17-14(4-7-16-17)6-9-18-8-5-13-3-2-12(11-19)10-15(13)18/h2-5,7-8,10-11H,6,9H2,1H3. The smallest absolute Gasteiger partial charge is 0.150 e. The van der Waals surface area contributed by atoms with E-state index in [1.165, 1.54) is 5.69 Å². The van der Waals surface area contributed by atoms with Crippen molar-refractivity contribution in [2.45, 2.75) is 13.0 Å². The molecule has 96 valence electrons. The van der Waals surface area contributed by atoms with E-state index in [-0.39, 0.29) is 0 Å². The predicted molar refractivity (Wildman–Crippen MR) is 74.2 cm³/mol. The quantitative estimate of drug-likeness (QED) is 0.670. The molecule has 0 bridgehead atoms. The molecule has 0 unspecified atom stereocenters. The zero-order valence-electron chi connectivity index (χ0n) is 10.8. The van der Waals surface area contributed by atoms with Gasteiger partial charge in [0.05, 0.1) is 0 Å². The van der Waals surface area contributed by atoms with Gasteiger partial charge in [0, 0.05) is 49.2 Å². The first-order chi connectivity index (χ1) is 9.28. The lowest BCUT2D eigenvalue weighted by atomic mass is 10.2. The first kappa shape index (κ1) is 11.7. The van der Waals surface area contributed by atoms with Gasteiger partial charge in [-0.25, -0.2) is 0 Å². The van der Waals surface area contributed by atoms with Crippen molar-refractivity contribution in [3.8, 4) is 0 Å². The summed E-state index contributed by atoms with van der Waals surface area (Å²) < 4.78 is 4.07. The minimum atomic E-state index is 0.716. The Bertz CT molecular complexity index is 724. The van der Waals surface area contributed by atoms with E-state index in [0.29, 0.717) is 5.56 Å². The second-order valence-electron chi connectivity index (χ2n) is 4.64. The van der Waals surface area contributed by atoms with Gasteiger partial charge in [0.2, 0.25) is 0 Å². The Kier molecular flexibility index (Phi) is 2.91. The number of hydrogen-bond donors (Lipinski definition) is 0. The fourth-order valence-corrected chi connectivity index (χ4v) is 2.35. The van der Waals surface area contributed by atoms with Crippen LogP contribution < -0.4 is 0 Å². The number of aromatic nitrogens is 3. The minimum absolute atomic E-state index is 0.716. The summed E-state index contributed by atoms with van der Waals surface area (Å²) in [7, 11) is 1.95. The average Bonchev–Trinajstić information content (AvgIpc) is 3.02. The lowest BCUT2D eigenvalue weighted by Gasteiger charge is -2.06. The number of nitrogens with zero attached hydrogens (tertiary/aromatic N) is 3. The number of fused-ring (bicyclic) bond motifs is 1. The fourth-order valence-electron chi connectivity index (χ4n) is 2.35. The monoisotopic (exact) mass is 253 g/mol. The maximum Gasteiger partial charge on any atom is 0.150 e. The molecule has 0 aliphatic carbocycles. The molecule has 3 rings (SSSR count). The topological polar surface area (TPSA) is 39.8 Å². The highest BCUT2D eigenvalue weighted by Gasteiger charge is 2.04. The Morgan fingerprint density at radius 2 is 2.16 bits per heavy atom. The normalized spacial score (nSPS) is 11.0. The zero-order chi connectivity index (χ0) is 13.2. The molecule has 1 aromatic carbocycles. The minimum Gasteiger partial charge on any atom is -0.347 e. The molecular weight excluding hydrogens is 238 g/mol. The molecule has 0 spiro atoms. The first-order valence-electron chi connectivity index (χ1n) is 6.29. The van der Waals surface area contributed by atoms with Crippen molar-refractivity contribution >= 4 is 17.2 Å². The van der Waals surface area contributed by atoms with Gasteiger partial charge in [-0.15, -0.1) is 0 Å². The number of carbonyl (C=O) groups excluding carboxylic acids is 1. The maximum absolute atomic E-state index is 10.9. The molecule has 0 N–H and O–H groups in total. The third-order valence-corrected chi connectivity index (χ3v) is 3.47. The van der Waals surface area contributed by atoms with Crippen molar-refractivity contribution in [2.75, 3.05) is 0 Å². The Labute approximate surface area is 111 Å². The van der Waals surface area contributed by atoms with Crippen LogP contribution in [0, 0.1) is 0 Å². The van der Waals surface area contributed by atoms with Gasteiger partial charge >= 0.3 is 0 Å². The highest BCUT2D eigenvalue weighted by Crippen LogP contribution is 2.17. The van der Waals surface area contributed by atoms with Gasteiger partial charge in [-0.2, -0.15) is 5.10 Å². The number of aryl methyl sites for hydroxylation is 3. The lowest BCUT2D eigenvalue weighted by Crippen LogP contribution is -2.04. The van der Waals surface area contributed by atoms with Gasteiger partial charge in [-0.1, -0.05) is 12.1 Å². The van der Waals surface area contributed by atoms with Crippen molar-refractivity contribution < 1.29 is 4.79 Å². The third-order valence-electron chi connectivity index (χ3n) is 3.47. The second-order valence-corrected chi connectivity index (χ2v) is 4.64. The van der Waals surface area contributed by atoms with E-state index in [1.807, 2.05) is 42.2 Å². The molecule has 2 aromatic heterocycles. The molecule has 0 saturated heterocycles. The van der Waals surface area contributed by atoms with E-state index in [0.717, 1.165) is 30.2 Å². The van der Waals surface area contributed by atoms with Crippen LogP contribution in [0.5, 0.6) is 0 Å². The Morgan fingerprint density at radius 1 is 1.26 bits per heavy atom. The molecule has 2 heterocycles. The Morgan fingerprint density at radius 3 is 2.89 bits per heavy atom. The fraction of sp³-hybridized carbons (Fsp3) is 0.200. The van der Waals surface area contributed by atoms with Crippen LogP contribution in [0.3, 0.4) is 0 Å². The predicted octanol–water partition coefficient (Wildman–Crippen LogP) is 2.43. The van der Waals surface area contributed by atoms with Crippen LogP contribution in [0.2, 0.25) is 0 Å². The van der Waals surface area contributed by atoms with Gasteiger partial charge in [-0.3, -0.25) is 9.48 Å². The number of carbonyl (C=O) groups is 1. The Balaban J connectivity index is 1.88. The lowest BCUT2D eigenvalue weighted by molar-refractivity contribution is 0.112. The summed E-state index contributed by atoms with van der Waals surface area (Å²) >= 11 is 0. The van der Waals surface area contributed by atoms with Crippen LogP contribution in [0.4, 0.5) is 0 Å². The van der Waals surface area contributed by atoms with E-state index in [2.05, 4.69) is 21.9 Å². The number of benzene rings is 1. The highest BCUT2D eigenvalue weighted by atomic mass is 16.1. The Hall–Kier alpha value is -2.36. The number of aldehydes is 1. The molecule has 4 nitrogen and oxygen atoms in total. The van der Waals surface area contributed by atoms with E-state index in [9.17, 15) is 4.79 Å². The summed E-state index contributed by atoms with van der Waals surface area (Å²) in [5, 5.41) is 5.33. The number of rotatable bonds is 4. The molecule has 0 atom stereocenters. The zero-order valence-corrected chi connectivity index (χ0v) is 10.8. The van der Waals surface area contributed by atoms with Crippen molar-refractivity contribution in [2.24, 2.45) is 7.05 Å². The van der Waals surface area contributed by atoms with Crippen molar-refractivity contribution in [3.63, 3.8) is 0 Å². The highest BCUT2D eigenvalue weighted by molar-refractivity contribution is 5.87. The van der Waals surface area contributed by atoms with Crippen molar-refractivity contribution in [1.29, 1.82) is 0 Å². The van der Waals surface area contributed by atoms with Crippen LogP contribution in [-0.2, 0) is 20.0 Å². The van der Waals surface area contributed by atoms with Gasteiger partial charge in [0.25, 0.3) is 0 Å². The molecular formula is C15H15N3O. The van der Waals surface area contributed by atoms with Crippen LogP contribution in [0.15, 0.2) is 42.7 Å². The molecule has 19 heavy (non-hydrogen) atoms. The van der Waals surface area contributed by atoms with Crippen molar-refractivity contribution in [3.05, 3.63) is 54.0 Å². The second kappa shape index (κ2) is 4.72. The van der Waals surface area contributed by atoms with Gasteiger partial charge in [-0.05, 0) is 23.6 Å². The summed E-state index contributed by atoms with van der Waals surface area (Å²) in [6.07, 6.45) is 5.69. The molecule has 0 saturated carbocycles. The first-order valence-corrected chi connectivity index (χ1v) is 6.29. The molecule has 0 aliphatic rings. The van der Waals surface area contributed by atoms with E-state index >= 15 is 0 Å². The third kappa shape index (κ3) is 2.17. The van der Waals surface area contributed by atoms with Crippen LogP contribution >= 0.6 is 0 Å². The summed E-state index contributed by atoms with van der Waals surface area (Å²) in [5.74, 6) is 0. The molecule has 3 aromatic rings. The molecule has 0 fully saturated rings. The van der Waals surface area contributed by atoms with Crippen LogP contribution in [-0.4, -0.2) is 20.6 Å². The summed E-state index contributed by atoms with van der Waals surface area (Å²) in [5.41, 5.74) is 3.02. The summed E-state index contributed by atoms with van der Waals surface area (Å²) in [6.45, 7) is 0.880. The van der Waals surface area contributed by atoms with E-state index in [1.54, 1.807) is 0 Å². The SMILES string of the molecule is Cn1nccc1CCn1ccc2ccc(C=O)cc21. The molecule has 4 heteroatoms. The van der Waals surface area contributed by atoms with Crippen LogP contribution in [0.1, 0.15) is 16.1 Å². The van der Waals surface area contributed by atoms with E-state index < -0.39 is 0 Å². The van der Waals surface area contributed by atoms with Crippen molar-refractivity contribution in [1.82, 2.24) is 14.3 Å². The maximum atomic E-state index is 10.9. The largest absolute Gasteiger partial charge is 0.347 e.